The van der Waals surface area contributed by atoms with Gasteiger partial charge in [-0.1, -0.05) is 0 Å². The van der Waals surface area contributed by atoms with Gasteiger partial charge in [-0.3, -0.25) is 4.90 Å². The predicted molar refractivity (Wildman–Crippen MR) is 67.7 cm³/mol. The summed E-state index contributed by atoms with van der Waals surface area (Å²) >= 11 is 2.45. The van der Waals surface area contributed by atoms with Gasteiger partial charge in [0.1, 0.15) is 0 Å². The Labute approximate surface area is 101 Å². The predicted octanol–water partition coefficient (Wildman–Crippen LogP) is 1.09. The molecule has 1 N–H and O–H groups in total. The van der Waals surface area contributed by atoms with Gasteiger partial charge in [-0.2, -0.15) is 0 Å². The average Bonchev–Trinajstić information content (AvgIpc) is 2.65. The summed E-state index contributed by atoms with van der Waals surface area (Å²) in [4.78, 5) is 2.62. The summed E-state index contributed by atoms with van der Waals surface area (Å²) in [5.74, 6) is 0. The Balaban J connectivity index is 1.84. The number of rotatable bonds is 2. The van der Waals surface area contributed by atoms with E-state index < -0.39 is 0 Å². The Hall–Kier alpha value is 0.610. The zero-order chi connectivity index (χ0) is 9.97. The van der Waals surface area contributed by atoms with E-state index in [0.717, 1.165) is 12.1 Å². The molecule has 0 bridgehead atoms. The van der Waals surface area contributed by atoms with E-state index in [9.17, 15) is 0 Å². The molecule has 0 saturated carbocycles. The number of nitrogens with zero attached hydrogens (tertiary/aromatic N) is 2. The lowest BCUT2D eigenvalue weighted by molar-refractivity contribution is 0.150. The van der Waals surface area contributed by atoms with Crippen LogP contribution in [-0.4, -0.2) is 53.3 Å². The van der Waals surface area contributed by atoms with Crippen LogP contribution >= 0.6 is 22.9 Å². The third-order valence-corrected chi connectivity index (χ3v) is 4.45. The van der Waals surface area contributed by atoms with Crippen molar-refractivity contribution in [3.63, 3.8) is 0 Å². The highest BCUT2D eigenvalue weighted by Crippen LogP contribution is 2.22. The fourth-order valence-corrected chi connectivity index (χ4v) is 3.28. The summed E-state index contributed by atoms with van der Waals surface area (Å²) in [6.07, 6.45) is 4.01. The minimum atomic E-state index is 0.801. The maximum absolute atomic E-state index is 3.43. The van der Waals surface area contributed by atoms with Crippen LogP contribution in [0.25, 0.3) is 0 Å². The molecule has 2 rings (SSSR count). The van der Waals surface area contributed by atoms with Gasteiger partial charge in [-0.05, 0) is 39.4 Å². The van der Waals surface area contributed by atoms with Crippen molar-refractivity contribution < 1.29 is 0 Å². The van der Waals surface area contributed by atoms with Gasteiger partial charge in [-0.25, -0.2) is 3.11 Å². The number of nitrogens with one attached hydrogen (secondary N) is 1. The van der Waals surface area contributed by atoms with E-state index in [1.165, 1.54) is 45.4 Å². The first-order valence-electron chi connectivity index (χ1n) is 5.61. The SMILES string of the molecule is CN(C1CCNCC1)C1CCN(I)C1. The van der Waals surface area contributed by atoms with Crippen molar-refractivity contribution in [3.05, 3.63) is 0 Å². The Bertz CT molecular complexity index is 177. The van der Waals surface area contributed by atoms with E-state index in [1.54, 1.807) is 0 Å². The summed E-state index contributed by atoms with van der Waals surface area (Å²) in [7, 11) is 2.32. The van der Waals surface area contributed by atoms with E-state index in [1.807, 2.05) is 0 Å². The molecule has 0 aromatic rings. The molecule has 1 atom stereocenters. The van der Waals surface area contributed by atoms with Crippen LogP contribution in [0, 0.1) is 0 Å². The van der Waals surface area contributed by atoms with Crippen LogP contribution in [0.4, 0.5) is 0 Å². The standard InChI is InChI=1S/C10H20IN3/c1-13(9-2-5-12-6-3-9)10-4-7-14(11)8-10/h9-10,12H,2-8H2,1H3. The lowest BCUT2D eigenvalue weighted by Crippen LogP contribution is -2.46. The first-order chi connectivity index (χ1) is 6.77. The molecular formula is C10H20IN3. The largest absolute Gasteiger partial charge is 0.317 e. The van der Waals surface area contributed by atoms with E-state index in [0.29, 0.717) is 0 Å². The number of hydrogen-bond acceptors (Lipinski definition) is 3. The van der Waals surface area contributed by atoms with E-state index in [4.69, 9.17) is 0 Å². The van der Waals surface area contributed by atoms with Crippen LogP contribution in [0.1, 0.15) is 19.3 Å². The second-order valence-electron chi connectivity index (χ2n) is 4.46. The molecule has 0 aliphatic carbocycles. The Morgan fingerprint density at radius 2 is 1.93 bits per heavy atom. The number of hydrogen-bond donors (Lipinski definition) is 1. The van der Waals surface area contributed by atoms with E-state index in [-0.39, 0.29) is 0 Å². The highest BCUT2D eigenvalue weighted by atomic mass is 127. The minimum absolute atomic E-state index is 0.801. The molecule has 2 saturated heterocycles. The van der Waals surface area contributed by atoms with Crippen LogP contribution in [0.2, 0.25) is 0 Å². The van der Waals surface area contributed by atoms with Gasteiger partial charge in [0.2, 0.25) is 0 Å². The summed E-state index contributed by atoms with van der Waals surface area (Å²) in [5, 5.41) is 3.43. The lowest BCUT2D eigenvalue weighted by atomic mass is 10.0. The highest BCUT2D eigenvalue weighted by Gasteiger charge is 2.29. The molecule has 0 spiro atoms. The van der Waals surface area contributed by atoms with Crippen LogP contribution in [0.5, 0.6) is 0 Å². The van der Waals surface area contributed by atoms with Crippen molar-refractivity contribution in [1.29, 1.82) is 0 Å². The van der Waals surface area contributed by atoms with Crippen molar-refractivity contribution in [2.45, 2.75) is 31.3 Å². The summed E-state index contributed by atoms with van der Waals surface area (Å²) in [5.41, 5.74) is 0. The zero-order valence-corrected chi connectivity index (χ0v) is 11.0. The molecule has 2 aliphatic rings. The van der Waals surface area contributed by atoms with Gasteiger partial charge >= 0.3 is 0 Å². The molecule has 3 nitrogen and oxygen atoms in total. The minimum Gasteiger partial charge on any atom is -0.317 e. The van der Waals surface area contributed by atoms with E-state index >= 15 is 0 Å². The molecule has 2 fully saturated rings. The zero-order valence-electron chi connectivity index (χ0n) is 8.88. The van der Waals surface area contributed by atoms with Gasteiger partial charge in [-0.15, -0.1) is 0 Å². The lowest BCUT2D eigenvalue weighted by Gasteiger charge is -2.35. The summed E-state index contributed by atoms with van der Waals surface area (Å²) in [6, 6.07) is 1.62. The normalized spacial score (nSPS) is 31.5. The number of piperidine rings is 1. The van der Waals surface area contributed by atoms with Crippen LogP contribution in [0.3, 0.4) is 0 Å². The maximum atomic E-state index is 3.43. The molecule has 4 heteroatoms. The molecule has 0 aromatic carbocycles. The first-order valence-corrected chi connectivity index (χ1v) is 6.57. The second kappa shape index (κ2) is 5.09. The number of likely N-dealkylation sites (N-methyl/N-ethyl adjacent to an activating group) is 1. The summed E-state index contributed by atoms with van der Waals surface area (Å²) in [6.45, 7) is 4.92. The van der Waals surface area contributed by atoms with Crippen molar-refractivity contribution >= 4 is 22.9 Å². The average molecular weight is 309 g/mol. The first kappa shape index (κ1) is 11.1. The van der Waals surface area contributed by atoms with E-state index in [2.05, 4.69) is 43.2 Å². The van der Waals surface area contributed by atoms with Crippen LogP contribution in [-0.2, 0) is 0 Å². The Kier molecular flexibility index (Phi) is 4.04. The van der Waals surface area contributed by atoms with Gasteiger partial charge in [0.05, 0.1) is 0 Å². The third-order valence-electron chi connectivity index (χ3n) is 3.57. The van der Waals surface area contributed by atoms with Crippen LogP contribution in [0.15, 0.2) is 0 Å². The third kappa shape index (κ3) is 2.59. The summed E-state index contributed by atoms with van der Waals surface area (Å²) < 4.78 is 2.42. The smallest absolute Gasteiger partial charge is 0.0243 e. The van der Waals surface area contributed by atoms with Crippen LogP contribution < -0.4 is 5.32 Å². The van der Waals surface area contributed by atoms with Crippen molar-refractivity contribution in [2.24, 2.45) is 0 Å². The second-order valence-corrected chi connectivity index (χ2v) is 5.82. The fraction of sp³-hybridized carbons (Fsp3) is 1.00. The van der Waals surface area contributed by atoms with Gasteiger partial charge in [0, 0.05) is 48.0 Å². The van der Waals surface area contributed by atoms with Gasteiger partial charge in [0.15, 0.2) is 0 Å². The Morgan fingerprint density at radius 3 is 2.50 bits per heavy atom. The van der Waals surface area contributed by atoms with Crippen molar-refractivity contribution in [2.75, 3.05) is 33.2 Å². The molecule has 82 valence electrons. The topological polar surface area (TPSA) is 18.5 Å². The molecule has 0 radical (unpaired) electrons. The molecule has 14 heavy (non-hydrogen) atoms. The number of halogens is 1. The monoisotopic (exact) mass is 309 g/mol. The van der Waals surface area contributed by atoms with Crippen molar-refractivity contribution in [3.8, 4) is 0 Å². The fourth-order valence-electron chi connectivity index (χ4n) is 2.54. The van der Waals surface area contributed by atoms with Gasteiger partial charge < -0.3 is 5.32 Å². The molecule has 2 aliphatic heterocycles. The molecule has 0 aromatic heterocycles. The van der Waals surface area contributed by atoms with Gasteiger partial charge in [0.25, 0.3) is 0 Å². The van der Waals surface area contributed by atoms with Crippen molar-refractivity contribution in [1.82, 2.24) is 13.3 Å². The highest BCUT2D eigenvalue weighted by molar-refractivity contribution is 14.1. The quantitative estimate of drug-likeness (QED) is 0.609. The molecule has 1 unspecified atom stereocenters. The molecule has 0 amide bonds. The molecule has 2 heterocycles. The Morgan fingerprint density at radius 1 is 1.21 bits per heavy atom. The maximum Gasteiger partial charge on any atom is 0.0243 e. The molecular weight excluding hydrogens is 289 g/mol.